The first-order valence-electron chi connectivity index (χ1n) is 9.85. The van der Waals surface area contributed by atoms with Crippen molar-refractivity contribution in [3.63, 3.8) is 0 Å². The van der Waals surface area contributed by atoms with Gasteiger partial charge in [-0.25, -0.2) is 14.3 Å². The van der Waals surface area contributed by atoms with Crippen molar-refractivity contribution >= 4 is 12.2 Å². The average molecular weight is 420 g/mol. The molecule has 0 amide bonds. The molecular formula is C22H25N7S. The first-order chi connectivity index (χ1) is 14.5. The fraction of sp³-hybridized carbons (Fsp3) is 0.273. The highest BCUT2D eigenvalue weighted by molar-refractivity contribution is 7.71. The smallest absolute Gasteiger partial charge is 0.198 e. The summed E-state index contributed by atoms with van der Waals surface area (Å²) < 4.78 is 6.36. The van der Waals surface area contributed by atoms with E-state index in [1.54, 1.807) is 11.0 Å². The van der Waals surface area contributed by atoms with E-state index < -0.39 is 0 Å². The van der Waals surface area contributed by atoms with Crippen LogP contribution in [-0.2, 0) is 20.1 Å². The molecule has 0 saturated carbocycles. The minimum atomic E-state index is 0.205. The first-order valence-corrected chi connectivity index (χ1v) is 10.3. The zero-order valence-electron chi connectivity index (χ0n) is 17.4. The summed E-state index contributed by atoms with van der Waals surface area (Å²) in [4.78, 5) is 6.23. The van der Waals surface area contributed by atoms with Gasteiger partial charge in [-0.3, -0.25) is 4.90 Å². The standard InChI is InChI=1S/C22H25N7S/c1-17(19-9-11-20(12-10-19)28-15-23-14-24-28)26(2)16-29-22(30)27(3)21(25-29)13-18-7-5-4-6-8-18/h4-12,14-15,17H,13,16H2,1-3H3/t17-/m1/s1. The van der Waals surface area contributed by atoms with Gasteiger partial charge in [0.1, 0.15) is 18.5 Å². The summed E-state index contributed by atoms with van der Waals surface area (Å²) >= 11 is 5.64. The van der Waals surface area contributed by atoms with E-state index in [4.69, 9.17) is 17.3 Å². The molecule has 0 spiro atoms. The molecule has 4 rings (SSSR count). The van der Waals surface area contributed by atoms with Crippen molar-refractivity contribution in [1.82, 2.24) is 34.0 Å². The molecule has 2 aromatic heterocycles. The van der Waals surface area contributed by atoms with Gasteiger partial charge >= 0.3 is 0 Å². The molecule has 0 bridgehead atoms. The zero-order valence-corrected chi connectivity index (χ0v) is 18.2. The quantitative estimate of drug-likeness (QED) is 0.427. The Hall–Kier alpha value is -3.10. The van der Waals surface area contributed by atoms with Gasteiger partial charge in [-0.05, 0) is 49.4 Å². The maximum atomic E-state index is 5.64. The van der Waals surface area contributed by atoms with Crippen molar-refractivity contribution in [2.75, 3.05) is 7.05 Å². The first kappa shape index (κ1) is 20.2. The van der Waals surface area contributed by atoms with Crippen LogP contribution in [0.3, 0.4) is 0 Å². The second kappa shape index (κ2) is 8.73. The minimum Gasteiger partial charge on any atom is -0.307 e. The van der Waals surface area contributed by atoms with E-state index in [1.807, 2.05) is 34.5 Å². The van der Waals surface area contributed by atoms with Gasteiger partial charge in [0.2, 0.25) is 0 Å². The molecule has 7 nitrogen and oxygen atoms in total. The lowest BCUT2D eigenvalue weighted by molar-refractivity contribution is 0.194. The lowest BCUT2D eigenvalue weighted by atomic mass is 10.1. The predicted octanol–water partition coefficient (Wildman–Crippen LogP) is 3.77. The Kier molecular flexibility index (Phi) is 5.87. The molecule has 0 aliphatic carbocycles. The van der Waals surface area contributed by atoms with Crippen molar-refractivity contribution in [2.24, 2.45) is 7.05 Å². The van der Waals surface area contributed by atoms with Gasteiger partial charge in [0.05, 0.1) is 12.4 Å². The molecule has 30 heavy (non-hydrogen) atoms. The molecule has 4 aromatic rings. The van der Waals surface area contributed by atoms with E-state index in [-0.39, 0.29) is 6.04 Å². The molecular weight excluding hydrogens is 394 g/mol. The molecule has 0 fully saturated rings. The Bertz CT molecular complexity index is 1140. The number of benzene rings is 2. The summed E-state index contributed by atoms with van der Waals surface area (Å²) in [7, 11) is 4.07. The van der Waals surface area contributed by atoms with E-state index in [1.165, 1.54) is 17.5 Å². The van der Waals surface area contributed by atoms with Crippen LogP contribution in [0.25, 0.3) is 5.69 Å². The van der Waals surface area contributed by atoms with Crippen LogP contribution in [0.5, 0.6) is 0 Å². The summed E-state index contributed by atoms with van der Waals surface area (Å²) in [5.41, 5.74) is 3.43. The molecule has 154 valence electrons. The van der Waals surface area contributed by atoms with Crippen molar-refractivity contribution in [2.45, 2.75) is 26.1 Å². The van der Waals surface area contributed by atoms with Gasteiger partial charge in [-0.1, -0.05) is 42.5 Å². The van der Waals surface area contributed by atoms with Crippen LogP contribution in [0, 0.1) is 4.77 Å². The van der Waals surface area contributed by atoms with Gasteiger partial charge in [0.15, 0.2) is 4.77 Å². The monoisotopic (exact) mass is 419 g/mol. The lowest BCUT2D eigenvalue weighted by Gasteiger charge is -2.25. The Morgan fingerprint density at radius 1 is 1.07 bits per heavy atom. The fourth-order valence-corrected chi connectivity index (χ4v) is 3.60. The topological polar surface area (TPSA) is 56.7 Å². The summed E-state index contributed by atoms with van der Waals surface area (Å²) in [6.07, 6.45) is 3.99. The summed E-state index contributed by atoms with van der Waals surface area (Å²) in [6, 6.07) is 18.9. The molecule has 0 N–H and O–H groups in total. The van der Waals surface area contributed by atoms with Crippen molar-refractivity contribution in [1.29, 1.82) is 0 Å². The summed E-state index contributed by atoms with van der Waals surface area (Å²) in [5.74, 6) is 0.962. The molecule has 8 heteroatoms. The molecule has 0 saturated heterocycles. The van der Waals surface area contributed by atoms with Crippen LogP contribution in [0.15, 0.2) is 67.3 Å². The van der Waals surface area contributed by atoms with E-state index in [0.717, 1.165) is 22.7 Å². The second-order valence-electron chi connectivity index (χ2n) is 7.43. The summed E-state index contributed by atoms with van der Waals surface area (Å²) in [6.45, 7) is 2.80. The summed E-state index contributed by atoms with van der Waals surface area (Å²) in [5, 5.41) is 8.96. The second-order valence-corrected chi connectivity index (χ2v) is 7.79. The van der Waals surface area contributed by atoms with E-state index in [9.17, 15) is 0 Å². The maximum absolute atomic E-state index is 5.64. The molecule has 0 radical (unpaired) electrons. The van der Waals surface area contributed by atoms with Crippen LogP contribution in [0.1, 0.15) is 29.9 Å². The van der Waals surface area contributed by atoms with E-state index in [2.05, 4.69) is 65.4 Å². The van der Waals surface area contributed by atoms with Crippen molar-refractivity contribution in [3.8, 4) is 5.69 Å². The largest absolute Gasteiger partial charge is 0.307 e. The number of hydrogen-bond acceptors (Lipinski definition) is 5. The van der Waals surface area contributed by atoms with Gasteiger partial charge in [0, 0.05) is 19.5 Å². The average Bonchev–Trinajstić information content (AvgIpc) is 3.40. The van der Waals surface area contributed by atoms with Crippen LogP contribution in [0.4, 0.5) is 0 Å². The third kappa shape index (κ3) is 4.24. The van der Waals surface area contributed by atoms with Gasteiger partial charge < -0.3 is 4.57 Å². The van der Waals surface area contributed by atoms with Gasteiger partial charge in [-0.2, -0.15) is 10.2 Å². The number of hydrogen-bond donors (Lipinski definition) is 0. The lowest BCUT2D eigenvalue weighted by Crippen LogP contribution is -2.26. The number of aromatic nitrogens is 6. The SMILES string of the molecule is C[C@H](c1ccc(-n2cncn2)cc1)N(C)Cn1nc(Cc2ccccc2)n(C)c1=S. The van der Waals surface area contributed by atoms with E-state index >= 15 is 0 Å². The fourth-order valence-electron chi connectivity index (χ4n) is 3.39. The highest BCUT2D eigenvalue weighted by atomic mass is 32.1. The van der Waals surface area contributed by atoms with E-state index in [0.29, 0.717) is 6.67 Å². The Balaban J connectivity index is 1.47. The van der Waals surface area contributed by atoms with Crippen molar-refractivity contribution < 1.29 is 0 Å². The Morgan fingerprint density at radius 3 is 2.47 bits per heavy atom. The van der Waals surface area contributed by atoms with Crippen molar-refractivity contribution in [3.05, 3.63) is 89.0 Å². The Labute approximate surface area is 181 Å². The molecule has 0 unspecified atom stereocenters. The zero-order chi connectivity index (χ0) is 21.1. The number of nitrogens with zero attached hydrogens (tertiary/aromatic N) is 7. The third-order valence-electron chi connectivity index (χ3n) is 5.41. The minimum absolute atomic E-state index is 0.205. The molecule has 0 aliphatic rings. The molecule has 2 aromatic carbocycles. The Morgan fingerprint density at radius 2 is 1.80 bits per heavy atom. The molecule has 0 aliphatic heterocycles. The van der Waals surface area contributed by atoms with Crippen LogP contribution >= 0.6 is 12.2 Å². The van der Waals surface area contributed by atoms with Gasteiger partial charge in [0.25, 0.3) is 0 Å². The van der Waals surface area contributed by atoms with Crippen LogP contribution in [0.2, 0.25) is 0 Å². The highest BCUT2D eigenvalue weighted by Crippen LogP contribution is 2.21. The van der Waals surface area contributed by atoms with Crippen LogP contribution in [-0.4, -0.2) is 41.1 Å². The normalized spacial score (nSPS) is 12.4. The highest BCUT2D eigenvalue weighted by Gasteiger charge is 2.15. The van der Waals surface area contributed by atoms with Gasteiger partial charge in [-0.15, -0.1) is 0 Å². The maximum Gasteiger partial charge on any atom is 0.198 e. The molecule has 2 heterocycles. The molecule has 1 atom stereocenters. The van der Waals surface area contributed by atoms with Crippen LogP contribution < -0.4 is 0 Å². The third-order valence-corrected chi connectivity index (χ3v) is 5.90. The predicted molar refractivity (Wildman–Crippen MR) is 119 cm³/mol. The number of rotatable bonds is 7.